The first-order valence-corrected chi connectivity index (χ1v) is 13.1. The van der Waals surface area contributed by atoms with Crippen LogP contribution < -0.4 is 16.0 Å². The van der Waals surface area contributed by atoms with Crippen molar-refractivity contribution in [1.29, 1.82) is 0 Å². The molecule has 0 saturated carbocycles. The molecule has 0 radical (unpaired) electrons. The third-order valence-electron chi connectivity index (χ3n) is 6.04. The molecule has 2 aromatic carbocycles. The van der Waals surface area contributed by atoms with Gasteiger partial charge < -0.3 is 25.4 Å². The van der Waals surface area contributed by atoms with Crippen molar-refractivity contribution in [3.63, 3.8) is 0 Å². The van der Waals surface area contributed by atoms with E-state index in [1.807, 2.05) is 0 Å². The summed E-state index contributed by atoms with van der Waals surface area (Å²) in [6, 6.07) is 9.26. The first-order chi connectivity index (χ1) is 16.8. The number of nitrogens with one attached hydrogen (secondary N) is 3. The number of rotatable bonds is 9. The lowest BCUT2D eigenvalue weighted by atomic mass is 10.2. The molecule has 190 valence electrons. The third kappa shape index (κ3) is 6.49. The normalized spacial score (nSPS) is 18.9. The number of carbonyl (C=O) groups excluding carboxylic acids is 1. The van der Waals surface area contributed by atoms with Crippen molar-refractivity contribution in [2.45, 2.75) is 30.8 Å². The van der Waals surface area contributed by atoms with Crippen molar-refractivity contribution < 1.29 is 27.1 Å². The quantitative estimate of drug-likeness (QED) is 0.480. The summed E-state index contributed by atoms with van der Waals surface area (Å²) >= 11 is 0. The minimum Gasteiger partial charge on any atom is -0.381 e. The second-order valence-electron chi connectivity index (χ2n) is 8.61. The number of halogens is 1. The van der Waals surface area contributed by atoms with Crippen LogP contribution in [0.25, 0.3) is 0 Å². The lowest BCUT2D eigenvalue weighted by Gasteiger charge is -2.26. The molecule has 4 rings (SSSR count). The Morgan fingerprint density at radius 1 is 1.09 bits per heavy atom. The fraction of sp³-hybridized carbons (Fsp3) is 0.458. The van der Waals surface area contributed by atoms with Crippen LogP contribution in [-0.4, -0.2) is 70.7 Å². The molecule has 2 aliphatic rings. The largest absolute Gasteiger partial charge is 0.381 e. The Hall–Kier alpha value is -2.73. The molecular formula is C24H31FN4O5S. The van der Waals surface area contributed by atoms with Gasteiger partial charge in [0.1, 0.15) is 5.82 Å². The number of carbonyl (C=O) groups is 1. The summed E-state index contributed by atoms with van der Waals surface area (Å²) in [6.07, 6.45) is 2.04. The summed E-state index contributed by atoms with van der Waals surface area (Å²) in [5, 5.41) is 8.99. The van der Waals surface area contributed by atoms with E-state index in [0.717, 1.165) is 19.4 Å². The monoisotopic (exact) mass is 506 g/mol. The number of hydrogen-bond donors (Lipinski definition) is 3. The Morgan fingerprint density at radius 3 is 2.60 bits per heavy atom. The summed E-state index contributed by atoms with van der Waals surface area (Å²) in [5.41, 5.74) is 1.97. The molecule has 1 amide bonds. The second kappa shape index (κ2) is 11.3. The Kier molecular flexibility index (Phi) is 8.22. The first-order valence-electron chi connectivity index (χ1n) is 11.7. The Bertz CT molecular complexity index is 1150. The zero-order chi connectivity index (χ0) is 24.8. The van der Waals surface area contributed by atoms with Gasteiger partial charge in [0, 0.05) is 31.9 Å². The van der Waals surface area contributed by atoms with E-state index in [0.29, 0.717) is 55.5 Å². The lowest BCUT2D eigenvalue weighted by Crippen LogP contribution is -2.40. The van der Waals surface area contributed by atoms with Crippen molar-refractivity contribution >= 4 is 33.0 Å². The molecule has 11 heteroatoms. The van der Waals surface area contributed by atoms with Gasteiger partial charge in [0.15, 0.2) is 0 Å². The summed E-state index contributed by atoms with van der Waals surface area (Å²) in [7, 11) is -3.71. The van der Waals surface area contributed by atoms with Crippen LogP contribution in [0.1, 0.15) is 18.4 Å². The molecule has 0 aromatic heterocycles. The van der Waals surface area contributed by atoms with Crippen LogP contribution >= 0.6 is 0 Å². The van der Waals surface area contributed by atoms with Crippen molar-refractivity contribution in [3.05, 3.63) is 47.8 Å². The number of anilines is 3. The van der Waals surface area contributed by atoms with Crippen molar-refractivity contribution in [3.8, 4) is 0 Å². The van der Waals surface area contributed by atoms with E-state index in [4.69, 9.17) is 9.47 Å². The average Bonchev–Trinajstić information content (AvgIpc) is 3.38. The van der Waals surface area contributed by atoms with Gasteiger partial charge in [0.25, 0.3) is 0 Å². The Labute approximate surface area is 205 Å². The highest BCUT2D eigenvalue weighted by molar-refractivity contribution is 7.89. The number of benzene rings is 2. The van der Waals surface area contributed by atoms with Crippen molar-refractivity contribution in [2.75, 3.05) is 62.0 Å². The highest BCUT2D eigenvalue weighted by Gasteiger charge is 2.27. The molecule has 2 saturated heterocycles. The van der Waals surface area contributed by atoms with Crippen LogP contribution in [0, 0.1) is 12.7 Å². The fourth-order valence-corrected chi connectivity index (χ4v) is 5.44. The Morgan fingerprint density at radius 2 is 1.89 bits per heavy atom. The van der Waals surface area contributed by atoms with Crippen LogP contribution in [0.3, 0.4) is 0 Å². The van der Waals surface area contributed by atoms with Crippen molar-refractivity contribution in [2.24, 2.45) is 0 Å². The molecule has 2 aromatic rings. The van der Waals surface area contributed by atoms with Crippen molar-refractivity contribution in [1.82, 2.24) is 4.31 Å². The molecule has 35 heavy (non-hydrogen) atoms. The highest BCUT2D eigenvalue weighted by Crippen LogP contribution is 2.28. The van der Waals surface area contributed by atoms with E-state index in [-0.39, 0.29) is 23.5 Å². The SMILES string of the molecule is Cc1ccc(NC(=O)CNc2cc(S(=O)(=O)N3CCOCC3)ccc2NC[C@@H]2CCCO2)cc1F. The number of ether oxygens (including phenoxy) is 2. The molecule has 9 nitrogen and oxygen atoms in total. The first kappa shape index (κ1) is 25.4. The van der Waals surface area contributed by atoms with Gasteiger partial charge in [0.2, 0.25) is 15.9 Å². The number of sulfonamides is 1. The minimum absolute atomic E-state index is 0.0827. The third-order valence-corrected chi connectivity index (χ3v) is 7.93. The van der Waals surface area contributed by atoms with Gasteiger partial charge in [-0.25, -0.2) is 12.8 Å². The van der Waals surface area contributed by atoms with E-state index in [2.05, 4.69) is 16.0 Å². The molecule has 2 fully saturated rings. The van der Waals surface area contributed by atoms with Crippen LogP contribution in [0.2, 0.25) is 0 Å². The zero-order valence-electron chi connectivity index (χ0n) is 19.7. The van der Waals surface area contributed by atoms with Gasteiger partial charge in [-0.05, 0) is 55.7 Å². The summed E-state index contributed by atoms with van der Waals surface area (Å²) < 4.78 is 52.4. The maximum atomic E-state index is 13.8. The molecule has 1 atom stereocenters. The molecule has 3 N–H and O–H groups in total. The molecular weight excluding hydrogens is 475 g/mol. The van der Waals surface area contributed by atoms with E-state index < -0.39 is 15.8 Å². The molecule has 2 aliphatic heterocycles. The van der Waals surface area contributed by atoms with Gasteiger partial charge in [-0.3, -0.25) is 4.79 Å². The van der Waals surface area contributed by atoms with Crippen LogP contribution in [0.4, 0.5) is 21.5 Å². The van der Waals surface area contributed by atoms with Gasteiger partial charge >= 0.3 is 0 Å². The number of amides is 1. The molecule has 0 spiro atoms. The molecule has 0 unspecified atom stereocenters. The van der Waals surface area contributed by atoms with Crippen LogP contribution in [0.15, 0.2) is 41.3 Å². The summed E-state index contributed by atoms with van der Waals surface area (Å²) in [5.74, 6) is -0.794. The van der Waals surface area contributed by atoms with Gasteiger partial charge in [-0.15, -0.1) is 0 Å². The van der Waals surface area contributed by atoms with Crippen LogP contribution in [-0.2, 0) is 24.3 Å². The Balaban J connectivity index is 1.49. The highest BCUT2D eigenvalue weighted by atomic mass is 32.2. The molecule has 0 aliphatic carbocycles. The number of aryl methyl sites for hydroxylation is 1. The number of hydrogen-bond acceptors (Lipinski definition) is 7. The van der Waals surface area contributed by atoms with E-state index in [9.17, 15) is 17.6 Å². The molecule has 2 heterocycles. The number of morpholine rings is 1. The smallest absolute Gasteiger partial charge is 0.243 e. The average molecular weight is 507 g/mol. The fourth-order valence-electron chi connectivity index (χ4n) is 4.00. The molecule has 0 bridgehead atoms. The summed E-state index contributed by atoms with van der Waals surface area (Å²) in [6.45, 7) is 4.10. The predicted octanol–water partition coefficient (Wildman–Crippen LogP) is 2.80. The van der Waals surface area contributed by atoms with Gasteiger partial charge in [-0.2, -0.15) is 4.31 Å². The topological polar surface area (TPSA) is 109 Å². The summed E-state index contributed by atoms with van der Waals surface area (Å²) in [4.78, 5) is 12.6. The van der Waals surface area contributed by atoms with Gasteiger partial charge in [0.05, 0.1) is 42.1 Å². The van der Waals surface area contributed by atoms with E-state index in [1.54, 1.807) is 31.2 Å². The predicted molar refractivity (Wildman–Crippen MR) is 132 cm³/mol. The number of nitrogens with zero attached hydrogens (tertiary/aromatic N) is 1. The zero-order valence-corrected chi connectivity index (χ0v) is 20.5. The maximum Gasteiger partial charge on any atom is 0.243 e. The minimum atomic E-state index is -3.71. The van der Waals surface area contributed by atoms with Gasteiger partial charge in [-0.1, -0.05) is 6.07 Å². The maximum absolute atomic E-state index is 13.8. The standard InChI is InChI=1S/C24H31FN4O5S/c1-17-4-5-18(13-21(17)25)28-24(30)16-27-23-14-20(35(31,32)29-8-11-33-12-9-29)6-7-22(23)26-15-19-3-2-10-34-19/h4-7,13-14,19,26-27H,2-3,8-12,15-16H2,1H3,(H,28,30)/t19-/m0/s1. The van der Waals surface area contributed by atoms with Crippen LogP contribution in [0.5, 0.6) is 0 Å². The van der Waals surface area contributed by atoms with E-state index >= 15 is 0 Å². The lowest BCUT2D eigenvalue weighted by molar-refractivity contribution is -0.114. The second-order valence-corrected chi connectivity index (χ2v) is 10.5. The van der Waals surface area contributed by atoms with E-state index in [1.165, 1.54) is 16.4 Å².